The van der Waals surface area contributed by atoms with E-state index in [1.165, 1.54) is 11.3 Å². The first-order valence-electron chi connectivity index (χ1n) is 6.22. The number of hydrogen-bond acceptors (Lipinski definition) is 5. The summed E-state index contributed by atoms with van der Waals surface area (Å²) < 4.78 is 6.28. The maximum absolute atomic E-state index is 12.2. The number of ether oxygens (including phenoxy) is 1. The maximum atomic E-state index is 12.2. The van der Waals surface area contributed by atoms with Gasteiger partial charge in [0.2, 0.25) is 0 Å². The minimum Gasteiger partial charge on any atom is -0.468 e. The molecule has 0 amide bonds. The van der Waals surface area contributed by atoms with E-state index >= 15 is 0 Å². The topological polar surface area (TPSA) is 38.3 Å². The molecule has 3 nitrogen and oxygen atoms in total. The smallest absolute Gasteiger partial charge is 0.327 e. The summed E-state index contributed by atoms with van der Waals surface area (Å²) in [5.74, 6) is 1.06. The molecular formula is C13H19NO2S2. The fourth-order valence-electron chi connectivity index (χ4n) is 2.22. The third-order valence-electron chi connectivity index (χ3n) is 3.25. The number of likely N-dealkylation sites (N-methyl/N-ethyl adjacent to an activating group) is 1. The molecule has 100 valence electrons. The van der Waals surface area contributed by atoms with Crippen LogP contribution in [0.1, 0.15) is 19.8 Å². The number of carbonyl (C=O) groups is 1. The molecule has 18 heavy (non-hydrogen) atoms. The van der Waals surface area contributed by atoms with E-state index in [4.69, 9.17) is 4.74 Å². The Bertz CT molecular complexity index is 390. The number of esters is 1. The molecule has 1 aromatic heterocycles. The molecule has 1 unspecified atom stereocenters. The van der Waals surface area contributed by atoms with E-state index in [9.17, 15) is 4.79 Å². The van der Waals surface area contributed by atoms with E-state index in [2.05, 4.69) is 16.8 Å². The molecular weight excluding hydrogens is 266 g/mol. The first kappa shape index (κ1) is 13.9. The zero-order chi connectivity index (χ0) is 13.0. The lowest BCUT2D eigenvalue weighted by molar-refractivity contribution is -0.148. The minimum atomic E-state index is -0.502. The summed E-state index contributed by atoms with van der Waals surface area (Å²) in [4.78, 5) is 12.2. The Labute approximate surface area is 116 Å². The van der Waals surface area contributed by atoms with E-state index in [0.29, 0.717) is 5.92 Å². The Kier molecular flexibility index (Phi) is 4.70. The van der Waals surface area contributed by atoms with Crippen LogP contribution in [0.15, 0.2) is 21.7 Å². The van der Waals surface area contributed by atoms with Crippen molar-refractivity contribution in [1.82, 2.24) is 5.32 Å². The Morgan fingerprint density at radius 2 is 2.44 bits per heavy atom. The van der Waals surface area contributed by atoms with Crippen molar-refractivity contribution in [3.63, 3.8) is 0 Å². The molecule has 1 aliphatic rings. The van der Waals surface area contributed by atoms with Crippen LogP contribution < -0.4 is 5.32 Å². The largest absolute Gasteiger partial charge is 0.468 e. The van der Waals surface area contributed by atoms with Crippen LogP contribution in [-0.2, 0) is 9.53 Å². The summed E-state index contributed by atoms with van der Waals surface area (Å²) >= 11 is 3.46. The second kappa shape index (κ2) is 6.08. The minimum absolute atomic E-state index is 0.115. The Morgan fingerprint density at radius 1 is 1.67 bits per heavy atom. The van der Waals surface area contributed by atoms with Crippen LogP contribution in [0.5, 0.6) is 0 Å². The number of thioether (sulfide) groups is 1. The van der Waals surface area contributed by atoms with Crippen molar-refractivity contribution in [2.75, 3.05) is 19.4 Å². The van der Waals surface area contributed by atoms with Gasteiger partial charge in [-0.05, 0) is 36.8 Å². The highest BCUT2D eigenvalue weighted by molar-refractivity contribution is 8.01. The zero-order valence-corrected chi connectivity index (χ0v) is 12.4. The van der Waals surface area contributed by atoms with Gasteiger partial charge in [0.1, 0.15) is 5.54 Å². The molecule has 1 fully saturated rings. The summed E-state index contributed by atoms with van der Waals surface area (Å²) in [5.41, 5.74) is -0.502. The summed E-state index contributed by atoms with van der Waals surface area (Å²) in [6.07, 6.45) is 2.24. The van der Waals surface area contributed by atoms with E-state index in [-0.39, 0.29) is 5.97 Å². The molecule has 0 aromatic carbocycles. The van der Waals surface area contributed by atoms with Gasteiger partial charge in [-0.25, -0.2) is 0 Å². The monoisotopic (exact) mass is 285 g/mol. The Balaban J connectivity index is 2.09. The Hall–Kier alpha value is -0.520. The fraction of sp³-hybridized carbons (Fsp3) is 0.615. The summed E-state index contributed by atoms with van der Waals surface area (Å²) in [6.45, 7) is 2.83. The van der Waals surface area contributed by atoms with Gasteiger partial charge in [-0.15, -0.1) is 23.1 Å². The molecule has 1 saturated carbocycles. The van der Waals surface area contributed by atoms with Crippen molar-refractivity contribution in [2.45, 2.75) is 29.5 Å². The molecule has 1 heterocycles. The molecule has 1 atom stereocenters. The van der Waals surface area contributed by atoms with Crippen molar-refractivity contribution in [3.05, 3.63) is 17.5 Å². The second-order valence-corrected chi connectivity index (χ2v) is 6.71. The summed E-state index contributed by atoms with van der Waals surface area (Å²) in [5, 5.41) is 5.44. The quantitative estimate of drug-likeness (QED) is 0.617. The molecule has 5 heteroatoms. The first-order chi connectivity index (χ1) is 8.73. The van der Waals surface area contributed by atoms with Gasteiger partial charge in [-0.2, -0.15) is 0 Å². The van der Waals surface area contributed by atoms with Crippen molar-refractivity contribution in [1.29, 1.82) is 0 Å². The molecule has 1 aliphatic carbocycles. The third-order valence-corrected chi connectivity index (χ3v) is 5.58. The van der Waals surface area contributed by atoms with Crippen LogP contribution >= 0.6 is 23.1 Å². The van der Waals surface area contributed by atoms with E-state index in [0.717, 1.165) is 25.1 Å². The maximum Gasteiger partial charge on any atom is 0.327 e. The highest BCUT2D eigenvalue weighted by Crippen LogP contribution is 2.43. The van der Waals surface area contributed by atoms with E-state index in [1.54, 1.807) is 23.1 Å². The van der Waals surface area contributed by atoms with Gasteiger partial charge in [0.15, 0.2) is 0 Å². The predicted octanol–water partition coefficient (Wildman–Crippen LogP) is 2.77. The van der Waals surface area contributed by atoms with Crippen LogP contribution in [0.4, 0.5) is 0 Å². The molecule has 0 spiro atoms. The van der Waals surface area contributed by atoms with Crippen LogP contribution in [-0.4, -0.2) is 30.9 Å². The average Bonchev–Trinajstić information content (AvgIpc) is 3.11. The molecule has 1 aromatic rings. The van der Waals surface area contributed by atoms with Crippen molar-refractivity contribution in [3.8, 4) is 0 Å². The van der Waals surface area contributed by atoms with Crippen molar-refractivity contribution in [2.24, 2.45) is 5.92 Å². The van der Waals surface area contributed by atoms with Gasteiger partial charge in [-0.3, -0.25) is 4.79 Å². The number of carbonyl (C=O) groups excluding carboxylic acids is 1. The lowest BCUT2D eigenvalue weighted by Crippen LogP contribution is -2.56. The number of hydrogen-bond donors (Lipinski definition) is 1. The lowest BCUT2D eigenvalue weighted by Gasteiger charge is -2.31. The van der Waals surface area contributed by atoms with Crippen LogP contribution in [0.3, 0.4) is 0 Å². The summed E-state index contributed by atoms with van der Waals surface area (Å²) in [7, 11) is 1.48. The van der Waals surface area contributed by atoms with Gasteiger partial charge in [0.25, 0.3) is 0 Å². The molecule has 0 radical (unpaired) electrons. The molecule has 2 rings (SSSR count). The number of methoxy groups -OCH3 is 1. The highest BCUT2D eigenvalue weighted by atomic mass is 32.2. The molecule has 0 aliphatic heterocycles. The SMILES string of the molecule is CCNC(CSc1cccs1)(C(=O)OC)C1CC1. The van der Waals surface area contributed by atoms with Gasteiger partial charge in [-0.1, -0.05) is 13.0 Å². The van der Waals surface area contributed by atoms with E-state index in [1.807, 2.05) is 13.0 Å². The Morgan fingerprint density at radius 3 is 2.94 bits per heavy atom. The lowest BCUT2D eigenvalue weighted by atomic mass is 9.95. The second-order valence-electron chi connectivity index (χ2n) is 4.49. The third kappa shape index (κ3) is 2.90. The van der Waals surface area contributed by atoms with E-state index < -0.39 is 5.54 Å². The molecule has 0 saturated heterocycles. The highest BCUT2D eigenvalue weighted by Gasteiger charge is 2.51. The number of rotatable bonds is 7. The first-order valence-corrected chi connectivity index (χ1v) is 8.09. The van der Waals surface area contributed by atoms with Gasteiger partial charge in [0.05, 0.1) is 11.3 Å². The number of thiophene rings is 1. The van der Waals surface area contributed by atoms with Crippen molar-refractivity contribution < 1.29 is 9.53 Å². The van der Waals surface area contributed by atoms with Crippen LogP contribution in [0.2, 0.25) is 0 Å². The predicted molar refractivity (Wildman–Crippen MR) is 76.2 cm³/mol. The molecule has 0 bridgehead atoms. The van der Waals surface area contributed by atoms with Gasteiger partial charge < -0.3 is 10.1 Å². The molecule has 1 N–H and O–H groups in total. The van der Waals surface area contributed by atoms with Gasteiger partial charge >= 0.3 is 5.97 Å². The standard InChI is InChI=1S/C13H19NO2S2/c1-3-14-13(10-6-7-10,12(15)16-2)9-18-11-5-4-8-17-11/h4-5,8,10,14H,3,6-7,9H2,1-2H3. The van der Waals surface area contributed by atoms with Crippen molar-refractivity contribution >= 4 is 29.1 Å². The normalized spacial score (nSPS) is 18.3. The summed E-state index contributed by atoms with van der Waals surface area (Å²) in [6, 6.07) is 4.13. The van der Waals surface area contributed by atoms with Crippen LogP contribution in [0, 0.1) is 5.92 Å². The number of nitrogens with one attached hydrogen (secondary N) is 1. The van der Waals surface area contributed by atoms with Gasteiger partial charge in [0, 0.05) is 5.75 Å². The average molecular weight is 285 g/mol. The van der Waals surface area contributed by atoms with Crippen LogP contribution in [0.25, 0.3) is 0 Å². The fourth-order valence-corrected chi connectivity index (χ4v) is 4.28. The zero-order valence-electron chi connectivity index (χ0n) is 10.8.